The van der Waals surface area contributed by atoms with Gasteiger partial charge < -0.3 is 10.1 Å². The number of imidazole rings is 1. The number of H-pyrrole nitrogens is 1. The minimum atomic E-state index is -4.57. The monoisotopic (exact) mass is 524 g/mol. The molecule has 1 saturated carbocycles. The molecule has 5 rings (SSSR count). The molecule has 0 spiro atoms. The molecule has 2 N–H and O–H groups in total. The van der Waals surface area contributed by atoms with Gasteiger partial charge in [0.25, 0.3) is 0 Å². The van der Waals surface area contributed by atoms with Crippen LogP contribution in [0.1, 0.15) is 36.8 Å². The van der Waals surface area contributed by atoms with E-state index < -0.39 is 17.8 Å². The van der Waals surface area contributed by atoms with Crippen LogP contribution in [-0.2, 0) is 6.18 Å². The van der Waals surface area contributed by atoms with Crippen LogP contribution < -0.4 is 0 Å². The first-order valence-electron chi connectivity index (χ1n) is 11.0. The van der Waals surface area contributed by atoms with Gasteiger partial charge >= 0.3 is 6.18 Å². The molecule has 178 valence electrons. The topological polar surface area (TPSA) is 48.9 Å². The molecule has 3 nitrogen and oxygen atoms in total. The van der Waals surface area contributed by atoms with Crippen LogP contribution in [0.25, 0.3) is 22.2 Å². The number of aliphatic hydroxyl groups is 1. The number of alkyl halides is 3. The zero-order valence-corrected chi connectivity index (χ0v) is 20.2. The van der Waals surface area contributed by atoms with E-state index in [2.05, 4.69) is 16.0 Å². The number of fused-ring (bicyclic) bond motifs is 1. The third-order valence-corrected chi connectivity index (χ3v) is 8.10. The number of aromatic nitrogens is 2. The SMILES string of the molecule is OC(c1nc2c(Cl)c(-c3ccccc3C(F)(F)F)c(Cl)cc2[nH]1)C1C=CC(SCC2CC2)=CC1. The van der Waals surface area contributed by atoms with Crippen molar-refractivity contribution < 1.29 is 18.3 Å². The molecule has 0 radical (unpaired) electrons. The van der Waals surface area contributed by atoms with Gasteiger partial charge in [-0.15, -0.1) is 11.8 Å². The van der Waals surface area contributed by atoms with Gasteiger partial charge in [0.1, 0.15) is 17.4 Å². The molecule has 0 amide bonds. The van der Waals surface area contributed by atoms with E-state index >= 15 is 0 Å². The third kappa shape index (κ3) is 4.76. The predicted octanol–water partition coefficient (Wildman–Crippen LogP) is 8.19. The van der Waals surface area contributed by atoms with Crippen molar-refractivity contribution in [3.8, 4) is 11.1 Å². The lowest BCUT2D eigenvalue weighted by atomic mass is 9.94. The number of hydrogen-bond acceptors (Lipinski definition) is 3. The van der Waals surface area contributed by atoms with Crippen LogP contribution in [0, 0.1) is 11.8 Å². The standard InChI is InChI=1S/C25H21Cl2F3N2OS/c26-18-11-19-22(21(27)20(18)16-3-1-2-4-17(16)25(28,29)30)32-24(31-19)23(33)14-7-9-15(10-8-14)34-12-13-5-6-13/h1-4,7,9-11,13-14,23,33H,5-6,8,12H2,(H,31,32). The first kappa shape index (κ1) is 23.8. The third-order valence-electron chi connectivity index (χ3n) is 6.16. The molecule has 2 aromatic carbocycles. The molecule has 0 aliphatic heterocycles. The maximum atomic E-state index is 13.6. The van der Waals surface area contributed by atoms with Gasteiger partial charge in [0.15, 0.2) is 0 Å². The number of nitrogens with one attached hydrogen (secondary N) is 1. The molecule has 34 heavy (non-hydrogen) atoms. The van der Waals surface area contributed by atoms with E-state index in [9.17, 15) is 18.3 Å². The maximum absolute atomic E-state index is 13.6. The molecular formula is C25H21Cl2F3N2OS. The van der Waals surface area contributed by atoms with E-state index in [1.807, 2.05) is 23.9 Å². The van der Waals surface area contributed by atoms with E-state index in [1.165, 1.54) is 42.0 Å². The number of nitrogens with zero attached hydrogens (tertiary/aromatic N) is 1. The van der Waals surface area contributed by atoms with E-state index in [4.69, 9.17) is 23.2 Å². The van der Waals surface area contributed by atoms with Crippen molar-refractivity contribution in [1.82, 2.24) is 9.97 Å². The Kier molecular flexibility index (Phi) is 6.48. The van der Waals surface area contributed by atoms with Crippen LogP contribution in [0.2, 0.25) is 10.0 Å². The lowest BCUT2D eigenvalue weighted by Crippen LogP contribution is -2.13. The summed E-state index contributed by atoms with van der Waals surface area (Å²) >= 11 is 14.8. The fraction of sp³-hybridized carbons (Fsp3) is 0.320. The molecule has 0 saturated heterocycles. The van der Waals surface area contributed by atoms with E-state index in [-0.39, 0.29) is 32.6 Å². The summed E-state index contributed by atoms with van der Waals surface area (Å²) in [4.78, 5) is 8.71. The molecule has 0 bridgehead atoms. The molecule has 1 fully saturated rings. The van der Waals surface area contributed by atoms with E-state index in [0.717, 1.165) is 17.7 Å². The van der Waals surface area contributed by atoms with E-state index in [1.54, 1.807) is 0 Å². The molecule has 2 aliphatic carbocycles. The van der Waals surface area contributed by atoms with Gasteiger partial charge in [0.2, 0.25) is 0 Å². The second kappa shape index (κ2) is 9.26. The summed E-state index contributed by atoms with van der Waals surface area (Å²) in [7, 11) is 0. The lowest BCUT2D eigenvalue weighted by Gasteiger charge is -2.20. The van der Waals surface area contributed by atoms with Crippen LogP contribution in [0.3, 0.4) is 0 Å². The fourth-order valence-corrected chi connectivity index (χ4v) is 5.95. The zero-order valence-electron chi connectivity index (χ0n) is 17.9. The van der Waals surface area contributed by atoms with Crippen molar-refractivity contribution in [3.05, 3.63) is 74.9 Å². The Morgan fingerprint density at radius 1 is 1.21 bits per heavy atom. The zero-order chi connectivity index (χ0) is 24.0. The fourth-order valence-electron chi connectivity index (χ4n) is 4.09. The second-order valence-electron chi connectivity index (χ2n) is 8.67. The Hall–Kier alpha value is -1.93. The summed E-state index contributed by atoms with van der Waals surface area (Å²) in [5.74, 6) is 2.09. The highest BCUT2D eigenvalue weighted by molar-refractivity contribution is 8.03. The van der Waals surface area contributed by atoms with Gasteiger partial charge in [-0.2, -0.15) is 13.2 Å². The average Bonchev–Trinajstić information content (AvgIpc) is 3.54. The Morgan fingerprint density at radius 3 is 2.65 bits per heavy atom. The van der Waals surface area contributed by atoms with Gasteiger partial charge in [-0.1, -0.05) is 59.6 Å². The minimum absolute atomic E-state index is 0.00624. The summed E-state index contributed by atoms with van der Waals surface area (Å²) in [5, 5.41) is 11.0. The van der Waals surface area contributed by atoms with Crippen molar-refractivity contribution in [3.63, 3.8) is 0 Å². The van der Waals surface area contributed by atoms with Gasteiger partial charge in [-0.3, -0.25) is 0 Å². The van der Waals surface area contributed by atoms with Crippen molar-refractivity contribution in [1.29, 1.82) is 0 Å². The predicted molar refractivity (Wildman–Crippen MR) is 132 cm³/mol. The van der Waals surface area contributed by atoms with Crippen LogP contribution in [0.15, 0.2) is 53.5 Å². The number of thioether (sulfide) groups is 1. The summed E-state index contributed by atoms with van der Waals surface area (Å²) in [5.41, 5.74) is -0.164. The van der Waals surface area contributed by atoms with Crippen molar-refractivity contribution in [2.24, 2.45) is 11.8 Å². The maximum Gasteiger partial charge on any atom is 0.417 e. The molecule has 2 aliphatic rings. The summed E-state index contributed by atoms with van der Waals surface area (Å²) < 4.78 is 40.8. The number of allylic oxidation sites excluding steroid dienone is 2. The van der Waals surface area contributed by atoms with Gasteiger partial charge in [-0.05, 0) is 42.9 Å². The molecule has 3 aromatic rings. The number of benzene rings is 2. The van der Waals surface area contributed by atoms with Crippen LogP contribution in [0.4, 0.5) is 13.2 Å². The molecule has 2 unspecified atom stereocenters. The lowest BCUT2D eigenvalue weighted by molar-refractivity contribution is -0.137. The highest BCUT2D eigenvalue weighted by atomic mass is 35.5. The smallest absolute Gasteiger partial charge is 0.385 e. The van der Waals surface area contributed by atoms with Gasteiger partial charge in [-0.25, -0.2) is 4.98 Å². The van der Waals surface area contributed by atoms with Crippen molar-refractivity contribution in [2.45, 2.75) is 31.5 Å². The molecule has 2 atom stereocenters. The largest absolute Gasteiger partial charge is 0.417 e. The van der Waals surface area contributed by atoms with Crippen LogP contribution in [0.5, 0.6) is 0 Å². The van der Waals surface area contributed by atoms with Crippen LogP contribution >= 0.6 is 35.0 Å². The Bertz CT molecular complexity index is 1300. The van der Waals surface area contributed by atoms with Gasteiger partial charge in [0.05, 0.1) is 21.1 Å². The molecular weight excluding hydrogens is 504 g/mol. The molecule has 1 heterocycles. The van der Waals surface area contributed by atoms with E-state index in [0.29, 0.717) is 17.8 Å². The quantitative estimate of drug-likeness (QED) is 0.341. The van der Waals surface area contributed by atoms with Crippen LogP contribution in [-0.4, -0.2) is 20.8 Å². The number of hydrogen-bond donors (Lipinski definition) is 2. The normalized spacial score (nSPS) is 19.5. The van der Waals surface area contributed by atoms with Gasteiger partial charge in [0, 0.05) is 22.1 Å². The average molecular weight is 525 g/mol. The number of aromatic amines is 1. The number of halogens is 5. The Labute approximate surface area is 209 Å². The highest BCUT2D eigenvalue weighted by Crippen LogP contribution is 2.45. The van der Waals surface area contributed by atoms with Crippen molar-refractivity contribution >= 4 is 46.0 Å². The summed E-state index contributed by atoms with van der Waals surface area (Å²) in [6, 6.07) is 6.64. The first-order chi connectivity index (χ1) is 16.2. The number of aliphatic hydroxyl groups excluding tert-OH is 1. The first-order valence-corrected chi connectivity index (χ1v) is 12.7. The summed E-state index contributed by atoms with van der Waals surface area (Å²) in [6.45, 7) is 0. The molecule has 1 aromatic heterocycles. The Morgan fingerprint density at radius 2 is 1.97 bits per heavy atom. The van der Waals surface area contributed by atoms with Crippen molar-refractivity contribution in [2.75, 3.05) is 5.75 Å². The second-order valence-corrected chi connectivity index (χ2v) is 10.6. The number of rotatable bonds is 6. The minimum Gasteiger partial charge on any atom is -0.385 e. The molecule has 9 heteroatoms. The Balaban J connectivity index is 1.44. The highest BCUT2D eigenvalue weighted by Gasteiger charge is 2.35. The summed E-state index contributed by atoms with van der Waals surface area (Å²) in [6.07, 6.45) is 3.94.